The Kier molecular flexibility index (Phi) is 3.54. The highest BCUT2D eigenvalue weighted by Crippen LogP contribution is 2.42. The fourth-order valence-corrected chi connectivity index (χ4v) is 4.21. The zero-order chi connectivity index (χ0) is 14.8. The first kappa shape index (κ1) is 13.4. The summed E-state index contributed by atoms with van der Waals surface area (Å²) in [7, 11) is 0. The molecule has 2 nitrogen and oxygen atoms in total. The summed E-state index contributed by atoms with van der Waals surface area (Å²) in [6, 6.07) is 16.4. The van der Waals surface area contributed by atoms with Gasteiger partial charge >= 0.3 is 0 Å². The first-order chi connectivity index (χ1) is 10.9. The lowest BCUT2D eigenvalue weighted by Crippen LogP contribution is -1.84. The molecule has 4 heterocycles. The summed E-state index contributed by atoms with van der Waals surface area (Å²) in [4.78, 5) is 11.4. The number of aromatic nitrogens is 2. The summed E-state index contributed by atoms with van der Waals surface area (Å²) in [6.45, 7) is 0. The van der Waals surface area contributed by atoms with E-state index in [2.05, 4.69) is 45.0 Å². The molecule has 0 fully saturated rings. The monoisotopic (exact) mass is 320 g/mol. The Balaban J connectivity index is 1.86. The van der Waals surface area contributed by atoms with Crippen molar-refractivity contribution in [3.8, 4) is 32.3 Å². The fourth-order valence-electron chi connectivity index (χ4n) is 2.43. The molecule has 0 aromatic carbocycles. The molecule has 0 atom stereocenters. The van der Waals surface area contributed by atoms with Crippen LogP contribution in [0.2, 0.25) is 0 Å². The van der Waals surface area contributed by atoms with Crippen LogP contribution in [0.25, 0.3) is 32.3 Å². The van der Waals surface area contributed by atoms with E-state index in [0.717, 1.165) is 11.4 Å². The van der Waals surface area contributed by atoms with Crippen LogP contribution in [0.5, 0.6) is 0 Å². The molecule has 0 amide bonds. The van der Waals surface area contributed by atoms with Crippen molar-refractivity contribution in [1.82, 2.24) is 9.97 Å². The lowest BCUT2D eigenvalue weighted by Gasteiger charge is -2.05. The van der Waals surface area contributed by atoms with Gasteiger partial charge in [0.15, 0.2) is 0 Å². The molecular formula is C18H12N2S2. The Labute approximate surface area is 136 Å². The molecule has 0 aliphatic heterocycles. The second kappa shape index (κ2) is 5.83. The number of pyridine rings is 2. The van der Waals surface area contributed by atoms with Crippen molar-refractivity contribution >= 4 is 22.7 Å². The molecule has 0 saturated heterocycles. The molecule has 0 bridgehead atoms. The number of thiophene rings is 2. The molecule has 0 N–H and O–H groups in total. The van der Waals surface area contributed by atoms with E-state index >= 15 is 0 Å². The minimum atomic E-state index is 1.02. The molecule has 0 saturated carbocycles. The highest BCUT2D eigenvalue weighted by atomic mass is 32.1. The van der Waals surface area contributed by atoms with Crippen LogP contribution in [0, 0.1) is 0 Å². The summed E-state index contributed by atoms with van der Waals surface area (Å²) < 4.78 is 0. The fraction of sp³-hybridized carbons (Fsp3) is 0. The maximum Gasteiger partial charge on any atom is 0.0807 e. The van der Waals surface area contributed by atoms with Gasteiger partial charge in [-0.2, -0.15) is 0 Å². The first-order valence-electron chi connectivity index (χ1n) is 6.91. The van der Waals surface area contributed by atoms with Crippen molar-refractivity contribution in [3.05, 3.63) is 71.7 Å². The van der Waals surface area contributed by atoms with Crippen LogP contribution in [-0.4, -0.2) is 9.97 Å². The second-order valence-corrected chi connectivity index (χ2v) is 6.59. The number of hydrogen-bond donors (Lipinski definition) is 0. The molecule has 22 heavy (non-hydrogen) atoms. The van der Waals surface area contributed by atoms with E-state index in [9.17, 15) is 0 Å². The van der Waals surface area contributed by atoms with Gasteiger partial charge in [-0.15, -0.1) is 22.7 Å². The van der Waals surface area contributed by atoms with Gasteiger partial charge in [0.05, 0.1) is 21.1 Å². The van der Waals surface area contributed by atoms with Crippen molar-refractivity contribution in [2.45, 2.75) is 0 Å². The Morgan fingerprint density at radius 3 is 1.50 bits per heavy atom. The van der Waals surface area contributed by atoms with Gasteiger partial charge in [0.1, 0.15) is 0 Å². The number of nitrogens with zero attached hydrogens (tertiary/aromatic N) is 2. The van der Waals surface area contributed by atoms with Gasteiger partial charge in [0.2, 0.25) is 0 Å². The number of rotatable bonds is 3. The number of hydrogen-bond acceptors (Lipinski definition) is 4. The van der Waals surface area contributed by atoms with Gasteiger partial charge in [-0.05, 0) is 47.2 Å². The van der Waals surface area contributed by atoms with Crippen molar-refractivity contribution < 1.29 is 0 Å². The van der Waals surface area contributed by atoms with Gasteiger partial charge in [0, 0.05) is 23.5 Å². The van der Waals surface area contributed by atoms with E-state index in [0.29, 0.717) is 0 Å². The van der Waals surface area contributed by atoms with Crippen LogP contribution in [-0.2, 0) is 0 Å². The summed E-state index contributed by atoms with van der Waals surface area (Å²) in [5.74, 6) is 0. The van der Waals surface area contributed by atoms with E-state index in [1.807, 2.05) is 36.7 Å². The molecule has 0 spiro atoms. The minimum Gasteiger partial charge on any atom is -0.255 e. The lowest BCUT2D eigenvalue weighted by molar-refractivity contribution is 1.34. The van der Waals surface area contributed by atoms with Gasteiger partial charge < -0.3 is 0 Å². The van der Waals surface area contributed by atoms with E-state index in [-0.39, 0.29) is 0 Å². The van der Waals surface area contributed by atoms with Gasteiger partial charge in [0.25, 0.3) is 0 Å². The average molecular weight is 320 g/mol. The van der Waals surface area contributed by atoms with Crippen molar-refractivity contribution in [2.75, 3.05) is 0 Å². The van der Waals surface area contributed by atoms with E-state index in [4.69, 9.17) is 0 Å². The highest BCUT2D eigenvalue weighted by Gasteiger charge is 2.15. The van der Waals surface area contributed by atoms with Crippen LogP contribution >= 0.6 is 22.7 Å². The summed E-state index contributed by atoms with van der Waals surface area (Å²) >= 11 is 3.45. The normalized spacial score (nSPS) is 10.7. The highest BCUT2D eigenvalue weighted by molar-refractivity contribution is 7.15. The van der Waals surface area contributed by atoms with Crippen LogP contribution in [0.15, 0.2) is 71.7 Å². The van der Waals surface area contributed by atoms with Crippen molar-refractivity contribution in [1.29, 1.82) is 0 Å². The zero-order valence-electron chi connectivity index (χ0n) is 11.6. The maximum absolute atomic E-state index is 4.49. The average Bonchev–Trinajstić information content (AvgIpc) is 3.25. The maximum atomic E-state index is 4.49. The topological polar surface area (TPSA) is 25.8 Å². The van der Waals surface area contributed by atoms with Gasteiger partial charge in [-0.1, -0.05) is 12.1 Å². The third-order valence-electron chi connectivity index (χ3n) is 3.42. The van der Waals surface area contributed by atoms with Crippen molar-refractivity contribution in [3.63, 3.8) is 0 Å². The van der Waals surface area contributed by atoms with Gasteiger partial charge in [-0.25, -0.2) is 0 Å². The summed E-state index contributed by atoms with van der Waals surface area (Å²) in [5, 5.41) is 4.25. The molecule has 0 unspecified atom stereocenters. The van der Waals surface area contributed by atoms with E-state index < -0.39 is 0 Å². The largest absolute Gasteiger partial charge is 0.255 e. The minimum absolute atomic E-state index is 1.02. The molecule has 4 aromatic heterocycles. The van der Waals surface area contributed by atoms with E-state index in [1.165, 1.54) is 20.9 Å². The van der Waals surface area contributed by atoms with Crippen LogP contribution in [0.1, 0.15) is 0 Å². The lowest BCUT2D eigenvalue weighted by atomic mass is 10.0. The second-order valence-electron chi connectivity index (χ2n) is 4.76. The molecule has 0 aliphatic rings. The Bertz CT molecular complexity index is 804. The molecule has 106 valence electrons. The smallest absolute Gasteiger partial charge is 0.0807 e. The standard InChI is InChI=1S/C18H12N2S2/c1-3-9-19-15(5-1)17-13(7-11-21-17)14-8-12-22-18(14)16-6-2-4-10-20-16/h1-12H. The molecule has 4 rings (SSSR count). The van der Waals surface area contributed by atoms with Crippen LogP contribution in [0.4, 0.5) is 0 Å². The first-order valence-corrected chi connectivity index (χ1v) is 8.67. The quantitative estimate of drug-likeness (QED) is 0.491. The van der Waals surface area contributed by atoms with E-state index in [1.54, 1.807) is 22.7 Å². The molecular weight excluding hydrogens is 308 g/mol. The molecule has 4 heteroatoms. The predicted octanol–water partition coefficient (Wildman–Crippen LogP) is 5.60. The Morgan fingerprint density at radius 1 is 0.591 bits per heavy atom. The zero-order valence-corrected chi connectivity index (χ0v) is 13.3. The Morgan fingerprint density at radius 2 is 1.09 bits per heavy atom. The third kappa shape index (κ3) is 2.36. The van der Waals surface area contributed by atoms with Crippen LogP contribution in [0.3, 0.4) is 0 Å². The predicted molar refractivity (Wildman–Crippen MR) is 94.1 cm³/mol. The summed E-state index contributed by atoms with van der Waals surface area (Å²) in [6.07, 6.45) is 3.68. The van der Waals surface area contributed by atoms with Crippen LogP contribution < -0.4 is 0 Å². The summed E-state index contributed by atoms with van der Waals surface area (Å²) in [5.41, 5.74) is 4.49. The third-order valence-corrected chi connectivity index (χ3v) is 5.29. The SMILES string of the molecule is c1ccc(-c2sccc2-c2ccsc2-c2ccccn2)nc1. The van der Waals surface area contributed by atoms with Crippen molar-refractivity contribution in [2.24, 2.45) is 0 Å². The molecule has 0 radical (unpaired) electrons. The molecule has 4 aromatic rings. The Hall–Kier alpha value is -2.30. The molecule has 0 aliphatic carbocycles. The van der Waals surface area contributed by atoms with Gasteiger partial charge in [-0.3, -0.25) is 9.97 Å².